The van der Waals surface area contributed by atoms with Gasteiger partial charge in [-0.25, -0.2) is 0 Å². The Morgan fingerprint density at radius 1 is 1.40 bits per heavy atom. The van der Waals surface area contributed by atoms with Crippen LogP contribution in [0.25, 0.3) is 0 Å². The van der Waals surface area contributed by atoms with Gasteiger partial charge in [-0.15, -0.1) is 0 Å². The fourth-order valence-corrected chi connectivity index (χ4v) is 3.00. The van der Waals surface area contributed by atoms with Gasteiger partial charge in [0.1, 0.15) is 0 Å². The normalized spacial score (nSPS) is 17.0. The quantitative estimate of drug-likeness (QED) is 0.898. The molecule has 0 aromatic heterocycles. The van der Waals surface area contributed by atoms with Crippen LogP contribution in [-0.4, -0.2) is 26.5 Å². The first-order chi connectivity index (χ1) is 9.48. The van der Waals surface area contributed by atoms with Gasteiger partial charge in [0.15, 0.2) is 0 Å². The van der Waals surface area contributed by atoms with Gasteiger partial charge in [0.05, 0.1) is 16.8 Å². The predicted molar refractivity (Wildman–Crippen MR) is 84.4 cm³/mol. The minimum absolute atomic E-state index is 0.0165. The summed E-state index contributed by atoms with van der Waals surface area (Å²) in [5.74, 6) is 0.0165. The topological polar surface area (TPSA) is 58.4 Å². The van der Waals surface area contributed by atoms with E-state index in [-0.39, 0.29) is 5.91 Å². The molecule has 0 spiro atoms. The maximum atomic E-state index is 12.6. The molecule has 0 saturated heterocycles. The number of carbonyl (C=O) groups is 1. The molecule has 1 aromatic carbocycles. The van der Waals surface area contributed by atoms with Crippen molar-refractivity contribution in [3.05, 3.63) is 23.2 Å². The van der Waals surface area contributed by atoms with Crippen LogP contribution in [0.1, 0.15) is 25.7 Å². The van der Waals surface area contributed by atoms with E-state index in [1.54, 1.807) is 6.07 Å². The van der Waals surface area contributed by atoms with E-state index in [0.29, 0.717) is 11.6 Å². The lowest BCUT2D eigenvalue weighted by atomic mass is 9.85. The van der Waals surface area contributed by atoms with E-state index in [1.807, 2.05) is 31.1 Å². The van der Waals surface area contributed by atoms with Crippen molar-refractivity contribution in [3.8, 4) is 0 Å². The third kappa shape index (κ3) is 2.91. The smallest absolute Gasteiger partial charge is 0.231 e. The number of halogens is 1. The summed E-state index contributed by atoms with van der Waals surface area (Å²) in [5.41, 5.74) is 7.12. The Morgan fingerprint density at radius 2 is 2.05 bits per heavy atom. The third-order valence-corrected chi connectivity index (χ3v) is 4.36. The molecule has 1 amide bonds. The largest absolute Gasteiger partial charge is 0.376 e. The van der Waals surface area contributed by atoms with Crippen molar-refractivity contribution in [1.29, 1.82) is 0 Å². The van der Waals surface area contributed by atoms with Crippen LogP contribution in [0.4, 0.5) is 11.4 Å². The number of anilines is 2. The molecule has 1 saturated carbocycles. The first kappa shape index (κ1) is 15.1. The Morgan fingerprint density at radius 3 is 2.60 bits per heavy atom. The molecule has 1 fully saturated rings. The van der Waals surface area contributed by atoms with Crippen LogP contribution in [0.5, 0.6) is 0 Å². The van der Waals surface area contributed by atoms with Gasteiger partial charge in [-0.2, -0.15) is 0 Å². The molecule has 1 aromatic rings. The van der Waals surface area contributed by atoms with Crippen LogP contribution in [0, 0.1) is 5.41 Å². The van der Waals surface area contributed by atoms with Gasteiger partial charge < -0.3 is 16.0 Å². The molecule has 20 heavy (non-hydrogen) atoms. The second-order valence-corrected chi connectivity index (χ2v) is 6.14. The molecule has 0 unspecified atom stereocenters. The second kappa shape index (κ2) is 6.02. The first-order valence-electron chi connectivity index (χ1n) is 6.97. The van der Waals surface area contributed by atoms with Crippen LogP contribution < -0.4 is 16.0 Å². The standard InChI is InChI=1S/C15H22ClN3O/c1-19(2)13-6-5-11(16)9-12(13)18-14(20)15(10-17)7-3-4-8-15/h5-6,9H,3-4,7-8,10,17H2,1-2H3,(H,18,20). The molecule has 1 aliphatic rings. The van der Waals surface area contributed by atoms with Gasteiger partial charge in [0.25, 0.3) is 0 Å². The number of nitrogens with one attached hydrogen (secondary N) is 1. The Kier molecular flexibility index (Phi) is 4.55. The van der Waals surface area contributed by atoms with Crippen molar-refractivity contribution in [3.63, 3.8) is 0 Å². The van der Waals surface area contributed by atoms with Gasteiger partial charge in [-0.3, -0.25) is 4.79 Å². The molecule has 0 radical (unpaired) electrons. The number of hydrogen-bond donors (Lipinski definition) is 2. The molecular formula is C15H22ClN3O. The molecule has 1 aliphatic carbocycles. The number of rotatable bonds is 4. The second-order valence-electron chi connectivity index (χ2n) is 5.70. The number of nitrogens with zero attached hydrogens (tertiary/aromatic N) is 1. The van der Waals surface area contributed by atoms with Gasteiger partial charge in [0, 0.05) is 25.7 Å². The van der Waals surface area contributed by atoms with Crippen molar-refractivity contribution in [2.24, 2.45) is 11.1 Å². The summed E-state index contributed by atoms with van der Waals surface area (Å²) < 4.78 is 0. The highest BCUT2D eigenvalue weighted by atomic mass is 35.5. The average molecular weight is 296 g/mol. The number of hydrogen-bond acceptors (Lipinski definition) is 3. The molecule has 3 N–H and O–H groups in total. The predicted octanol–water partition coefficient (Wildman–Crippen LogP) is 2.86. The molecule has 2 rings (SSSR count). The van der Waals surface area contributed by atoms with Crippen LogP contribution in [0.15, 0.2) is 18.2 Å². The number of carbonyl (C=O) groups excluding carboxylic acids is 1. The maximum Gasteiger partial charge on any atom is 0.231 e. The summed E-state index contributed by atoms with van der Waals surface area (Å²) in [6.07, 6.45) is 3.88. The lowest BCUT2D eigenvalue weighted by molar-refractivity contribution is -0.124. The van der Waals surface area contributed by atoms with Crippen LogP contribution in [-0.2, 0) is 4.79 Å². The fraction of sp³-hybridized carbons (Fsp3) is 0.533. The van der Waals surface area contributed by atoms with Crippen molar-refractivity contribution in [2.75, 3.05) is 30.9 Å². The van der Waals surface area contributed by atoms with E-state index < -0.39 is 5.41 Å². The van der Waals surface area contributed by atoms with Gasteiger partial charge in [-0.1, -0.05) is 24.4 Å². The van der Waals surface area contributed by atoms with Crippen molar-refractivity contribution < 1.29 is 4.79 Å². The molecule has 0 heterocycles. The fourth-order valence-electron chi connectivity index (χ4n) is 2.83. The molecule has 110 valence electrons. The number of nitrogens with two attached hydrogens (primary N) is 1. The molecular weight excluding hydrogens is 274 g/mol. The van der Waals surface area contributed by atoms with E-state index in [2.05, 4.69) is 5.32 Å². The van der Waals surface area contributed by atoms with Crippen LogP contribution >= 0.6 is 11.6 Å². The van der Waals surface area contributed by atoms with Gasteiger partial charge in [-0.05, 0) is 31.0 Å². The lowest BCUT2D eigenvalue weighted by Crippen LogP contribution is -2.40. The average Bonchev–Trinajstić information content (AvgIpc) is 2.88. The highest BCUT2D eigenvalue weighted by molar-refractivity contribution is 6.31. The van der Waals surface area contributed by atoms with E-state index >= 15 is 0 Å². The van der Waals surface area contributed by atoms with Gasteiger partial charge in [0.2, 0.25) is 5.91 Å². The summed E-state index contributed by atoms with van der Waals surface area (Å²) in [6, 6.07) is 5.51. The minimum Gasteiger partial charge on any atom is -0.376 e. The molecule has 0 aliphatic heterocycles. The minimum atomic E-state index is -0.411. The molecule has 5 heteroatoms. The van der Waals surface area contributed by atoms with Crippen LogP contribution in [0.3, 0.4) is 0 Å². The zero-order valence-electron chi connectivity index (χ0n) is 12.1. The van der Waals surface area contributed by atoms with E-state index in [9.17, 15) is 4.79 Å². The summed E-state index contributed by atoms with van der Waals surface area (Å²) in [7, 11) is 3.88. The van der Waals surface area contributed by atoms with Crippen molar-refractivity contribution in [1.82, 2.24) is 0 Å². The maximum absolute atomic E-state index is 12.6. The van der Waals surface area contributed by atoms with E-state index in [1.165, 1.54) is 0 Å². The zero-order chi connectivity index (χ0) is 14.8. The number of amides is 1. The Balaban J connectivity index is 2.25. The first-order valence-corrected chi connectivity index (χ1v) is 7.35. The van der Waals surface area contributed by atoms with E-state index in [4.69, 9.17) is 17.3 Å². The Hall–Kier alpha value is -1.26. The monoisotopic (exact) mass is 295 g/mol. The zero-order valence-corrected chi connectivity index (χ0v) is 12.8. The Bertz CT molecular complexity index is 496. The SMILES string of the molecule is CN(C)c1ccc(Cl)cc1NC(=O)C1(CN)CCCC1. The highest BCUT2D eigenvalue weighted by Crippen LogP contribution is 2.39. The highest BCUT2D eigenvalue weighted by Gasteiger charge is 2.40. The molecule has 4 nitrogen and oxygen atoms in total. The number of benzene rings is 1. The molecule has 0 bridgehead atoms. The summed E-state index contributed by atoms with van der Waals surface area (Å²) >= 11 is 6.04. The lowest BCUT2D eigenvalue weighted by Gasteiger charge is -2.27. The van der Waals surface area contributed by atoms with Crippen molar-refractivity contribution >= 4 is 28.9 Å². The third-order valence-electron chi connectivity index (χ3n) is 4.12. The summed E-state index contributed by atoms with van der Waals surface area (Å²) in [6.45, 7) is 0.400. The summed E-state index contributed by atoms with van der Waals surface area (Å²) in [4.78, 5) is 14.6. The Labute approximate surface area is 125 Å². The van der Waals surface area contributed by atoms with Crippen molar-refractivity contribution in [2.45, 2.75) is 25.7 Å². The summed E-state index contributed by atoms with van der Waals surface area (Å²) in [5, 5.41) is 3.63. The van der Waals surface area contributed by atoms with Gasteiger partial charge >= 0.3 is 0 Å². The molecule has 0 atom stereocenters. The van der Waals surface area contributed by atoms with Crippen LogP contribution in [0.2, 0.25) is 5.02 Å². The van der Waals surface area contributed by atoms with E-state index in [0.717, 1.165) is 37.1 Å².